The fraction of sp³-hybridized carbons (Fsp3) is 0.562. The van der Waals surface area contributed by atoms with Crippen LogP contribution in [0.15, 0.2) is 24.3 Å². The van der Waals surface area contributed by atoms with E-state index in [1.807, 2.05) is 24.3 Å². The Morgan fingerprint density at radius 2 is 1.95 bits per heavy atom. The van der Waals surface area contributed by atoms with E-state index in [0.717, 1.165) is 30.8 Å². The van der Waals surface area contributed by atoms with Crippen molar-refractivity contribution in [2.24, 2.45) is 5.73 Å². The summed E-state index contributed by atoms with van der Waals surface area (Å²) in [6.45, 7) is 6.92. The maximum atomic E-state index is 8.91. The van der Waals surface area contributed by atoms with Crippen molar-refractivity contribution in [2.75, 3.05) is 26.3 Å². The molecule has 1 aromatic carbocycles. The van der Waals surface area contributed by atoms with Crippen molar-refractivity contribution in [2.45, 2.75) is 32.7 Å². The van der Waals surface area contributed by atoms with Crippen LogP contribution < -0.4 is 10.5 Å². The zero-order valence-corrected chi connectivity index (χ0v) is 13.7. The Labute approximate surface area is 132 Å². The summed E-state index contributed by atoms with van der Waals surface area (Å²) < 4.78 is 5.76. The van der Waals surface area contributed by atoms with Crippen LogP contribution in [-0.2, 0) is 6.42 Å². The third-order valence-corrected chi connectivity index (χ3v) is 3.43. The van der Waals surface area contributed by atoms with Gasteiger partial charge in [-0.3, -0.25) is 4.90 Å². The van der Waals surface area contributed by atoms with Gasteiger partial charge in [-0.2, -0.15) is 0 Å². The molecule has 0 aliphatic carbocycles. The lowest BCUT2D eigenvalue weighted by atomic mass is 10.1. The molecule has 0 radical (unpaired) electrons. The third kappa shape index (κ3) is 7.41. The van der Waals surface area contributed by atoms with Gasteiger partial charge >= 0.3 is 0 Å². The minimum absolute atomic E-state index is 0.231. The van der Waals surface area contributed by atoms with E-state index in [9.17, 15) is 0 Å². The van der Waals surface area contributed by atoms with Crippen LogP contribution in [0.25, 0.3) is 0 Å². The molecule has 0 aliphatic rings. The Morgan fingerprint density at radius 1 is 1.29 bits per heavy atom. The number of nitrogens with two attached hydrogens (primary N) is 1. The largest absolute Gasteiger partial charge is 0.492 e. The fourth-order valence-corrected chi connectivity index (χ4v) is 2.25. The molecule has 0 bridgehead atoms. The number of aliphatic hydroxyl groups excluding tert-OH is 1. The molecule has 0 amide bonds. The number of hydrogen-bond acceptors (Lipinski definition) is 4. The minimum atomic E-state index is 0.231. The number of aliphatic hydroxyl groups is 1. The van der Waals surface area contributed by atoms with Gasteiger partial charge in [0.25, 0.3) is 0 Å². The summed E-state index contributed by atoms with van der Waals surface area (Å²) in [6, 6.07) is 8.32. The van der Waals surface area contributed by atoms with E-state index in [1.165, 1.54) is 0 Å². The molecule has 4 nitrogen and oxygen atoms in total. The first kappa shape index (κ1) is 17.9. The van der Waals surface area contributed by atoms with Gasteiger partial charge in [0, 0.05) is 32.2 Å². The standard InChI is InChI=1S/C16H26N2O2S/c1-13(2)18(8-3-10-19)9-11-20-15-6-4-14(5-7-15)12-16(17)21/h4-7,13,19H,3,8-12H2,1-2H3,(H2,17,21). The van der Waals surface area contributed by atoms with E-state index in [1.54, 1.807) is 0 Å². The van der Waals surface area contributed by atoms with Crippen molar-refractivity contribution in [1.82, 2.24) is 4.90 Å². The van der Waals surface area contributed by atoms with E-state index in [0.29, 0.717) is 24.1 Å². The molecule has 0 heterocycles. The topological polar surface area (TPSA) is 58.7 Å². The van der Waals surface area contributed by atoms with Gasteiger partial charge in [0.05, 0.1) is 4.99 Å². The average molecular weight is 310 g/mol. The summed E-state index contributed by atoms with van der Waals surface area (Å²) in [6.07, 6.45) is 1.42. The summed E-state index contributed by atoms with van der Waals surface area (Å²) in [5.41, 5.74) is 6.62. The highest BCUT2D eigenvalue weighted by Crippen LogP contribution is 2.13. The molecule has 5 heteroatoms. The van der Waals surface area contributed by atoms with Gasteiger partial charge in [0.1, 0.15) is 12.4 Å². The molecule has 0 atom stereocenters. The molecule has 21 heavy (non-hydrogen) atoms. The van der Waals surface area contributed by atoms with Crippen molar-refractivity contribution in [3.63, 3.8) is 0 Å². The van der Waals surface area contributed by atoms with Crippen molar-refractivity contribution in [1.29, 1.82) is 0 Å². The number of thiocarbonyl (C=S) groups is 1. The number of benzene rings is 1. The van der Waals surface area contributed by atoms with E-state index >= 15 is 0 Å². The quantitative estimate of drug-likeness (QED) is 0.647. The molecule has 0 aliphatic heterocycles. The maximum Gasteiger partial charge on any atom is 0.119 e. The molecule has 0 unspecified atom stereocenters. The van der Waals surface area contributed by atoms with Crippen LogP contribution >= 0.6 is 12.2 Å². The van der Waals surface area contributed by atoms with E-state index < -0.39 is 0 Å². The van der Waals surface area contributed by atoms with Crippen LogP contribution in [0.2, 0.25) is 0 Å². The summed E-state index contributed by atoms with van der Waals surface area (Å²) >= 11 is 4.89. The summed E-state index contributed by atoms with van der Waals surface area (Å²) in [7, 11) is 0. The average Bonchev–Trinajstić information content (AvgIpc) is 2.43. The monoisotopic (exact) mass is 310 g/mol. The Morgan fingerprint density at radius 3 is 2.48 bits per heavy atom. The van der Waals surface area contributed by atoms with Gasteiger partial charge in [-0.15, -0.1) is 0 Å². The molecule has 0 spiro atoms. The molecule has 0 fully saturated rings. The molecule has 1 rings (SSSR count). The molecule has 3 N–H and O–H groups in total. The lowest BCUT2D eigenvalue weighted by Crippen LogP contribution is -2.35. The van der Waals surface area contributed by atoms with Crippen molar-refractivity contribution >= 4 is 17.2 Å². The Balaban J connectivity index is 2.38. The summed E-state index contributed by atoms with van der Waals surface area (Å²) in [4.78, 5) is 2.80. The number of nitrogens with zero attached hydrogens (tertiary/aromatic N) is 1. The predicted octanol–water partition coefficient (Wildman–Crippen LogP) is 1.99. The summed E-state index contributed by atoms with van der Waals surface area (Å²) in [5, 5.41) is 8.91. The zero-order valence-electron chi connectivity index (χ0n) is 12.9. The predicted molar refractivity (Wildman–Crippen MR) is 90.8 cm³/mol. The smallest absolute Gasteiger partial charge is 0.119 e. The number of ether oxygens (including phenoxy) is 1. The maximum absolute atomic E-state index is 8.91. The molecule has 0 saturated heterocycles. The van der Waals surface area contributed by atoms with E-state index in [2.05, 4.69) is 18.7 Å². The van der Waals surface area contributed by atoms with Gasteiger partial charge in [-0.1, -0.05) is 24.4 Å². The van der Waals surface area contributed by atoms with Gasteiger partial charge in [-0.05, 0) is 38.0 Å². The highest BCUT2D eigenvalue weighted by atomic mass is 32.1. The second-order valence-electron chi connectivity index (χ2n) is 5.34. The first-order valence-electron chi connectivity index (χ1n) is 7.38. The number of hydrogen-bond donors (Lipinski definition) is 2. The SMILES string of the molecule is CC(C)N(CCCO)CCOc1ccc(CC(N)=S)cc1. The normalized spacial score (nSPS) is 11.1. The van der Waals surface area contributed by atoms with Crippen LogP contribution in [0, 0.1) is 0 Å². The second kappa shape index (κ2) is 9.71. The first-order chi connectivity index (χ1) is 10.0. The van der Waals surface area contributed by atoms with E-state index in [4.69, 9.17) is 27.8 Å². The summed E-state index contributed by atoms with van der Waals surface area (Å²) in [5.74, 6) is 0.854. The Hall–Kier alpha value is -1.17. The molecule has 1 aromatic rings. The van der Waals surface area contributed by atoms with Crippen molar-refractivity contribution in [3.8, 4) is 5.75 Å². The Kier molecular flexibility index (Phi) is 8.27. The zero-order chi connectivity index (χ0) is 15.7. The molecule has 118 valence electrons. The highest BCUT2D eigenvalue weighted by molar-refractivity contribution is 7.80. The molecule has 0 saturated carbocycles. The van der Waals surface area contributed by atoms with Crippen LogP contribution in [0.3, 0.4) is 0 Å². The highest BCUT2D eigenvalue weighted by Gasteiger charge is 2.08. The first-order valence-corrected chi connectivity index (χ1v) is 7.78. The van der Waals surface area contributed by atoms with Crippen LogP contribution in [-0.4, -0.2) is 47.3 Å². The van der Waals surface area contributed by atoms with Gasteiger partial charge in [0.15, 0.2) is 0 Å². The fourth-order valence-electron chi connectivity index (χ4n) is 2.09. The van der Waals surface area contributed by atoms with Crippen molar-refractivity contribution in [3.05, 3.63) is 29.8 Å². The second-order valence-corrected chi connectivity index (χ2v) is 5.87. The molecule has 0 aromatic heterocycles. The van der Waals surface area contributed by atoms with Crippen LogP contribution in [0.4, 0.5) is 0 Å². The molecular formula is C16H26N2O2S. The Bertz CT molecular complexity index is 421. The number of rotatable bonds is 10. The third-order valence-electron chi connectivity index (χ3n) is 3.28. The van der Waals surface area contributed by atoms with Gasteiger partial charge in [0.2, 0.25) is 0 Å². The lowest BCUT2D eigenvalue weighted by molar-refractivity contribution is 0.160. The van der Waals surface area contributed by atoms with Crippen LogP contribution in [0.1, 0.15) is 25.8 Å². The molecular weight excluding hydrogens is 284 g/mol. The van der Waals surface area contributed by atoms with E-state index in [-0.39, 0.29) is 6.61 Å². The van der Waals surface area contributed by atoms with Crippen molar-refractivity contribution < 1.29 is 9.84 Å². The minimum Gasteiger partial charge on any atom is -0.492 e. The van der Waals surface area contributed by atoms with Gasteiger partial charge < -0.3 is 15.6 Å². The lowest BCUT2D eigenvalue weighted by Gasteiger charge is -2.26. The van der Waals surface area contributed by atoms with Gasteiger partial charge in [-0.25, -0.2) is 0 Å². The van der Waals surface area contributed by atoms with Crippen LogP contribution in [0.5, 0.6) is 5.75 Å².